The van der Waals surface area contributed by atoms with E-state index in [2.05, 4.69) is 76.2 Å². The summed E-state index contributed by atoms with van der Waals surface area (Å²) in [6.45, 7) is 20.8. The van der Waals surface area contributed by atoms with E-state index < -0.39 is 0 Å². The Morgan fingerprint density at radius 2 is 1.52 bits per heavy atom. The van der Waals surface area contributed by atoms with E-state index in [1.165, 1.54) is 22.6 Å². The van der Waals surface area contributed by atoms with Crippen molar-refractivity contribution in [2.75, 3.05) is 0 Å². The van der Waals surface area contributed by atoms with Crippen LogP contribution in [0.2, 0.25) is 0 Å². The normalized spacial score (nSPS) is 12.1. The summed E-state index contributed by atoms with van der Waals surface area (Å²) in [5.41, 5.74) is 6.39. The fourth-order valence-corrected chi connectivity index (χ4v) is 4.71. The standard InChI is InChI=1S/C21H22N.C15H28O2.Ir/c1-14(2)9-17-13-21(18-11-15(3)10-16(4)12-18)22-20-8-6-5-7-19(17)20;1-7-14(5,8-2)12(16)11-13(17)15(6,9-3)10-4;/h5-8,10-11,13-14H,9H2,1-4H3;11,16H,7-10H2,1-6H3;/q-1;;/b;12-11-;. The fourth-order valence-electron chi connectivity index (χ4n) is 4.71. The van der Waals surface area contributed by atoms with Crippen LogP contribution < -0.4 is 0 Å². The maximum Gasteiger partial charge on any atom is 0.164 e. The number of carbonyl (C=O) groups excluding carboxylic acids is 1. The minimum absolute atomic E-state index is 0. The molecule has 3 nitrogen and oxygen atoms in total. The van der Waals surface area contributed by atoms with E-state index in [1.54, 1.807) is 0 Å². The first-order chi connectivity index (χ1) is 18.3. The summed E-state index contributed by atoms with van der Waals surface area (Å²) in [4.78, 5) is 17.0. The van der Waals surface area contributed by atoms with E-state index in [4.69, 9.17) is 4.98 Å². The van der Waals surface area contributed by atoms with E-state index in [1.807, 2.05) is 41.5 Å². The Morgan fingerprint density at radius 3 is 2.05 bits per heavy atom. The molecule has 221 valence electrons. The topological polar surface area (TPSA) is 50.2 Å². The molecule has 0 atom stereocenters. The Morgan fingerprint density at radius 1 is 0.950 bits per heavy atom. The van der Waals surface area contributed by atoms with E-state index in [0.29, 0.717) is 5.92 Å². The molecule has 3 rings (SSSR count). The third-order valence-electron chi connectivity index (χ3n) is 8.46. The zero-order chi connectivity index (χ0) is 29.4. The van der Waals surface area contributed by atoms with Gasteiger partial charge < -0.3 is 5.11 Å². The number of ketones is 1. The van der Waals surface area contributed by atoms with Crippen LogP contribution in [0.3, 0.4) is 0 Å². The van der Waals surface area contributed by atoms with Gasteiger partial charge in [-0.3, -0.25) is 9.78 Å². The van der Waals surface area contributed by atoms with E-state index in [-0.39, 0.29) is 42.5 Å². The monoisotopic (exact) mass is 721 g/mol. The minimum atomic E-state index is -0.337. The van der Waals surface area contributed by atoms with Gasteiger partial charge in [0.1, 0.15) is 5.76 Å². The van der Waals surface area contributed by atoms with Crippen LogP contribution in [0.1, 0.15) is 97.8 Å². The maximum absolute atomic E-state index is 12.2. The number of aryl methyl sites for hydroxylation is 2. The Bertz CT molecular complexity index is 1260. The van der Waals surface area contributed by atoms with Crippen LogP contribution in [0.5, 0.6) is 0 Å². The molecule has 2 aromatic carbocycles. The molecule has 0 saturated carbocycles. The fraction of sp³-hybridized carbons (Fsp3) is 0.500. The maximum atomic E-state index is 12.2. The van der Waals surface area contributed by atoms with Gasteiger partial charge in [-0.2, -0.15) is 0 Å². The second kappa shape index (κ2) is 15.6. The van der Waals surface area contributed by atoms with Crippen LogP contribution in [0.15, 0.2) is 54.3 Å². The Kier molecular flexibility index (Phi) is 14.0. The number of hydrogen-bond donors (Lipinski definition) is 1. The quantitative estimate of drug-likeness (QED) is 0.129. The van der Waals surface area contributed by atoms with Crippen LogP contribution in [-0.4, -0.2) is 15.9 Å². The van der Waals surface area contributed by atoms with Crippen molar-refractivity contribution in [1.29, 1.82) is 0 Å². The van der Waals surface area contributed by atoms with Crippen molar-refractivity contribution in [3.63, 3.8) is 0 Å². The van der Waals surface area contributed by atoms with Crippen molar-refractivity contribution < 1.29 is 30.0 Å². The van der Waals surface area contributed by atoms with Gasteiger partial charge >= 0.3 is 0 Å². The molecular weight excluding hydrogens is 671 g/mol. The summed E-state index contributed by atoms with van der Waals surface area (Å²) in [5.74, 6) is 0.913. The molecule has 1 heterocycles. The van der Waals surface area contributed by atoms with Crippen molar-refractivity contribution in [2.45, 2.75) is 101 Å². The number of pyridine rings is 1. The number of fused-ring (bicyclic) bond motifs is 1. The van der Waals surface area contributed by atoms with Crippen LogP contribution in [0, 0.1) is 36.7 Å². The van der Waals surface area contributed by atoms with Crippen LogP contribution in [0.25, 0.3) is 22.2 Å². The summed E-state index contributed by atoms with van der Waals surface area (Å²) < 4.78 is 0. The van der Waals surface area contributed by atoms with Gasteiger partial charge in [-0.1, -0.05) is 93.5 Å². The molecule has 0 spiro atoms. The van der Waals surface area contributed by atoms with Crippen molar-refractivity contribution in [2.24, 2.45) is 16.7 Å². The number of para-hydroxylation sites is 1. The van der Waals surface area contributed by atoms with E-state index in [0.717, 1.165) is 54.4 Å². The van der Waals surface area contributed by atoms with Crippen LogP contribution >= 0.6 is 0 Å². The van der Waals surface area contributed by atoms with Gasteiger partial charge in [0.2, 0.25) is 0 Å². The van der Waals surface area contributed by atoms with Crippen molar-refractivity contribution in [1.82, 2.24) is 4.98 Å². The average molecular weight is 721 g/mol. The minimum Gasteiger partial charge on any atom is -0.512 e. The molecule has 40 heavy (non-hydrogen) atoms. The molecule has 0 unspecified atom stereocenters. The second-order valence-electron chi connectivity index (χ2n) is 12.0. The molecule has 0 aliphatic rings. The second-order valence-corrected chi connectivity index (χ2v) is 12.0. The molecule has 3 aromatic rings. The van der Waals surface area contributed by atoms with Crippen LogP contribution in [0.4, 0.5) is 0 Å². The summed E-state index contributed by atoms with van der Waals surface area (Å²) in [7, 11) is 0. The molecule has 1 N–H and O–H groups in total. The number of aliphatic hydroxyl groups is 1. The molecule has 0 saturated heterocycles. The summed E-state index contributed by atoms with van der Waals surface area (Å²) >= 11 is 0. The molecule has 1 aromatic heterocycles. The van der Waals surface area contributed by atoms with Gasteiger partial charge in [0, 0.05) is 42.4 Å². The predicted octanol–water partition coefficient (Wildman–Crippen LogP) is 10.2. The van der Waals surface area contributed by atoms with E-state index in [9.17, 15) is 9.90 Å². The van der Waals surface area contributed by atoms with Gasteiger partial charge in [-0.15, -0.1) is 34.9 Å². The third-order valence-corrected chi connectivity index (χ3v) is 8.46. The van der Waals surface area contributed by atoms with Crippen molar-refractivity contribution >= 4 is 16.7 Å². The van der Waals surface area contributed by atoms with Crippen molar-refractivity contribution in [3.05, 3.63) is 77.1 Å². The number of rotatable bonds is 10. The predicted molar refractivity (Wildman–Crippen MR) is 167 cm³/mol. The first-order valence-corrected chi connectivity index (χ1v) is 14.7. The first kappa shape index (κ1) is 35.7. The summed E-state index contributed by atoms with van der Waals surface area (Å²) in [6, 6.07) is 18.4. The van der Waals surface area contributed by atoms with Gasteiger partial charge in [-0.25, -0.2) is 0 Å². The molecule has 0 fully saturated rings. The number of benzene rings is 2. The van der Waals surface area contributed by atoms with E-state index >= 15 is 0 Å². The van der Waals surface area contributed by atoms with Gasteiger partial charge in [0.15, 0.2) is 5.78 Å². The number of hydrogen-bond acceptors (Lipinski definition) is 3. The first-order valence-electron chi connectivity index (χ1n) is 14.7. The van der Waals surface area contributed by atoms with Gasteiger partial charge in [-0.05, 0) is 55.3 Å². The van der Waals surface area contributed by atoms with Gasteiger partial charge in [0.25, 0.3) is 0 Å². The Hall–Kier alpha value is -2.29. The molecule has 0 aliphatic carbocycles. The number of nitrogens with zero attached hydrogens (tertiary/aromatic N) is 1. The zero-order valence-electron chi connectivity index (χ0n) is 26.4. The molecule has 0 bridgehead atoms. The number of aliphatic hydroxyl groups excluding tert-OH is 1. The smallest absolute Gasteiger partial charge is 0.164 e. The number of allylic oxidation sites excluding steroid dienone is 2. The largest absolute Gasteiger partial charge is 0.512 e. The van der Waals surface area contributed by atoms with Crippen molar-refractivity contribution in [3.8, 4) is 11.3 Å². The third kappa shape index (κ3) is 9.11. The summed E-state index contributed by atoms with van der Waals surface area (Å²) in [6.07, 6.45) is 5.82. The number of carbonyl (C=O) groups is 1. The average Bonchev–Trinajstić information content (AvgIpc) is 2.91. The molecule has 4 heteroatoms. The van der Waals surface area contributed by atoms with Crippen LogP contribution in [-0.2, 0) is 31.3 Å². The number of aromatic nitrogens is 1. The molecule has 1 radical (unpaired) electrons. The Balaban J connectivity index is 0.000000406. The Labute approximate surface area is 257 Å². The molecular formula is C36H50IrNO2-. The molecule has 0 aliphatic heterocycles. The SMILES string of the molecule is CCC(C)(CC)C(=O)/C=C(\O)C(C)(CC)CC.Cc1[c-]c(-c2cc(CC(C)C)c3ccccc3n2)cc(C)c1.[Ir]. The summed E-state index contributed by atoms with van der Waals surface area (Å²) in [5, 5.41) is 11.4. The zero-order valence-corrected chi connectivity index (χ0v) is 28.8. The van der Waals surface area contributed by atoms with Gasteiger partial charge in [0.05, 0.1) is 5.52 Å². The molecule has 0 amide bonds.